The number of anilines is 2. The van der Waals surface area contributed by atoms with Crippen LogP contribution in [0.3, 0.4) is 0 Å². The van der Waals surface area contributed by atoms with Crippen molar-refractivity contribution in [2.24, 2.45) is 0 Å². The Morgan fingerprint density at radius 1 is 0.929 bits per heavy atom. The normalized spacial score (nSPS) is 11.6. The van der Waals surface area contributed by atoms with Gasteiger partial charge in [-0.2, -0.15) is 0 Å². The lowest BCUT2D eigenvalue weighted by molar-refractivity contribution is -0.115. The van der Waals surface area contributed by atoms with Gasteiger partial charge >= 0.3 is 0 Å². The number of rotatable bonds is 8. The van der Waals surface area contributed by atoms with Crippen LogP contribution in [0.5, 0.6) is 0 Å². The zero-order valence-electron chi connectivity index (χ0n) is 15.6. The van der Waals surface area contributed by atoms with Crippen LogP contribution in [0, 0.1) is 0 Å². The lowest BCUT2D eigenvalue weighted by Gasteiger charge is -2.17. The Hall–Kier alpha value is -3.38. The maximum Gasteiger partial charge on any atom is 0.291 e. The first-order valence-electron chi connectivity index (χ1n) is 9.19. The highest BCUT2D eigenvalue weighted by Gasteiger charge is 2.12. The van der Waals surface area contributed by atoms with Crippen molar-refractivity contribution in [3.05, 3.63) is 84.3 Å². The van der Waals surface area contributed by atoms with Gasteiger partial charge in [0.05, 0.1) is 12.8 Å². The molecule has 3 rings (SSSR count). The van der Waals surface area contributed by atoms with Crippen molar-refractivity contribution < 1.29 is 14.0 Å². The van der Waals surface area contributed by atoms with Gasteiger partial charge in [-0.1, -0.05) is 43.3 Å². The van der Waals surface area contributed by atoms with E-state index in [0.717, 1.165) is 12.0 Å². The zero-order valence-corrected chi connectivity index (χ0v) is 15.6. The number of furan rings is 1. The van der Waals surface area contributed by atoms with E-state index in [1.807, 2.05) is 30.3 Å². The second-order valence-electron chi connectivity index (χ2n) is 6.31. The van der Waals surface area contributed by atoms with Gasteiger partial charge in [-0.05, 0) is 42.3 Å². The molecule has 0 aliphatic heterocycles. The van der Waals surface area contributed by atoms with Crippen molar-refractivity contribution in [2.45, 2.75) is 19.4 Å². The largest absolute Gasteiger partial charge is 0.459 e. The molecule has 0 radical (unpaired) electrons. The Labute approximate surface area is 164 Å². The van der Waals surface area contributed by atoms with Crippen LogP contribution in [0.15, 0.2) is 77.4 Å². The van der Waals surface area contributed by atoms with Crippen LogP contribution >= 0.6 is 0 Å². The van der Waals surface area contributed by atoms with Gasteiger partial charge in [-0.3, -0.25) is 9.59 Å². The predicted octanol–water partition coefficient (Wildman–Crippen LogP) is 4.21. The van der Waals surface area contributed by atoms with Gasteiger partial charge in [-0.15, -0.1) is 0 Å². The SMILES string of the molecule is CCC(NCC(=O)Nc1cccc(NC(=O)c2ccco2)c1)c1ccccc1. The monoisotopic (exact) mass is 377 g/mol. The van der Waals surface area contributed by atoms with Gasteiger partial charge < -0.3 is 20.4 Å². The molecule has 1 atom stereocenters. The first kappa shape index (κ1) is 19.4. The molecule has 3 N–H and O–H groups in total. The van der Waals surface area contributed by atoms with Gasteiger partial charge in [0.1, 0.15) is 0 Å². The lowest BCUT2D eigenvalue weighted by atomic mass is 10.0. The second-order valence-corrected chi connectivity index (χ2v) is 6.31. The Bertz CT molecular complexity index is 908. The molecular formula is C22H23N3O3. The fourth-order valence-electron chi connectivity index (χ4n) is 2.88. The summed E-state index contributed by atoms with van der Waals surface area (Å²) in [5.41, 5.74) is 2.33. The van der Waals surface area contributed by atoms with Crippen LogP contribution < -0.4 is 16.0 Å². The topological polar surface area (TPSA) is 83.4 Å². The maximum atomic E-state index is 12.3. The fraction of sp³-hybridized carbons (Fsp3) is 0.182. The summed E-state index contributed by atoms with van der Waals surface area (Å²) < 4.78 is 5.07. The minimum absolute atomic E-state index is 0.117. The van der Waals surface area contributed by atoms with Gasteiger partial charge in [0.2, 0.25) is 5.91 Å². The molecular weight excluding hydrogens is 354 g/mol. The number of hydrogen-bond acceptors (Lipinski definition) is 4. The molecule has 1 unspecified atom stereocenters. The number of nitrogens with one attached hydrogen (secondary N) is 3. The minimum atomic E-state index is -0.344. The van der Waals surface area contributed by atoms with E-state index in [9.17, 15) is 9.59 Å². The van der Waals surface area contributed by atoms with E-state index in [0.29, 0.717) is 11.4 Å². The Balaban J connectivity index is 1.54. The molecule has 1 aromatic heterocycles. The van der Waals surface area contributed by atoms with Crippen molar-refractivity contribution in [3.8, 4) is 0 Å². The van der Waals surface area contributed by atoms with Gasteiger partial charge in [0.15, 0.2) is 5.76 Å². The molecule has 0 aliphatic rings. The summed E-state index contributed by atoms with van der Waals surface area (Å²) in [6, 6.07) is 20.4. The third-order valence-corrected chi connectivity index (χ3v) is 4.27. The smallest absolute Gasteiger partial charge is 0.291 e. The molecule has 0 bridgehead atoms. The lowest BCUT2D eigenvalue weighted by Crippen LogP contribution is -2.31. The summed E-state index contributed by atoms with van der Waals surface area (Å²) in [7, 11) is 0. The summed E-state index contributed by atoms with van der Waals surface area (Å²) in [4.78, 5) is 24.4. The summed E-state index contributed by atoms with van der Waals surface area (Å²) in [5, 5.41) is 8.86. The molecule has 28 heavy (non-hydrogen) atoms. The second kappa shape index (κ2) is 9.53. The van der Waals surface area contributed by atoms with Crippen LogP contribution in [0.4, 0.5) is 11.4 Å². The van der Waals surface area contributed by atoms with Gasteiger partial charge in [-0.25, -0.2) is 0 Å². The Morgan fingerprint density at radius 2 is 1.68 bits per heavy atom. The van der Waals surface area contributed by atoms with Crippen molar-refractivity contribution in [2.75, 3.05) is 17.2 Å². The molecule has 0 saturated carbocycles. The average molecular weight is 377 g/mol. The molecule has 2 aromatic carbocycles. The van der Waals surface area contributed by atoms with E-state index < -0.39 is 0 Å². The summed E-state index contributed by atoms with van der Waals surface area (Å²) in [5.74, 6) is -0.266. The summed E-state index contributed by atoms with van der Waals surface area (Å²) in [6.07, 6.45) is 2.32. The first-order valence-corrected chi connectivity index (χ1v) is 9.19. The zero-order chi connectivity index (χ0) is 19.8. The third kappa shape index (κ3) is 5.31. The van der Waals surface area contributed by atoms with Crippen LogP contribution in [-0.4, -0.2) is 18.4 Å². The summed E-state index contributed by atoms with van der Waals surface area (Å²) >= 11 is 0. The third-order valence-electron chi connectivity index (χ3n) is 4.27. The highest BCUT2D eigenvalue weighted by atomic mass is 16.3. The molecule has 0 aliphatic carbocycles. The standard InChI is InChI=1S/C22H23N3O3/c1-2-19(16-8-4-3-5-9-16)23-15-21(26)24-17-10-6-11-18(14-17)25-22(27)20-12-7-13-28-20/h3-14,19,23H,2,15H2,1H3,(H,24,26)(H,25,27). The molecule has 0 saturated heterocycles. The van der Waals surface area contributed by atoms with Crippen LogP contribution in [0.2, 0.25) is 0 Å². The predicted molar refractivity (Wildman–Crippen MR) is 109 cm³/mol. The van der Waals surface area contributed by atoms with Crippen molar-refractivity contribution >= 4 is 23.2 Å². The van der Waals surface area contributed by atoms with E-state index in [1.165, 1.54) is 6.26 Å². The number of carbonyl (C=O) groups is 2. The molecule has 0 fully saturated rings. The molecule has 1 heterocycles. The van der Waals surface area contributed by atoms with E-state index >= 15 is 0 Å². The van der Waals surface area contributed by atoms with E-state index in [-0.39, 0.29) is 30.2 Å². The molecule has 3 aromatic rings. The van der Waals surface area contributed by atoms with Crippen LogP contribution in [0.25, 0.3) is 0 Å². The van der Waals surface area contributed by atoms with E-state index in [1.54, 1.807) is 36.4 Å². The van der Waals surface area contributed by atoms with Gasteiger partial charge in [0.25, 0.3) is 5.91 Å². The van der Waals surface area contributed by atoms with E-state index in [2.05, 4.69) is 22.9 Å². The number of carbonyl (C=O) groups excluding carboxylic acids is 2. The quantitative estimate of drug-likeness (QED) is 0.549. The minimum Gasteiger partial charge on any atom is -0.459 e. The molecule has 6 heteroatoms. The highest BCUT2D eigenvalue weighted by Crippen LogP contribution is 2.17. The first-order chi connectivity index (χ1) is 13.7. The van der Waals surface area contributed by atoms with Crippen molar-refractivity contribution in [1.82, 2.24) is 5.32 Å². The van der Waals surface area contributed by atoms with E-state index in [4.69, 9.17) is 4.42 Å². The fourth-order valence-corrected chi connectivity index (χ4v) is 2.88. The van der Waals surface area contributed by atoms with Crippen LogP contribution in [-0.2, 0) is 4.79 Å². The average Bonchev–Trinajstić information content (AvgIpc) is 3.25. The van der Waals surface area contributed by atoms with Crippen LogP contribution in [0.1, 0.15) is 35.5 Å². The highest BCUT2D eigenvalue weighted by molar-refractivity contribution is 6.02. The van der Waals surface area contributed by atoms with Gasteiger partial charge in [0, 0.05) is 17.4 Å². The summed E-state index contributed by atoms with van der Waals surface area (Å²) in [6.45, 7) is 2.27. The maximum absolute atomic E-state index is 12.3. The molecule has 144 valence electrons. The Morgan fingerprint density at radius 3 is 2.36 bits per heavy atom. The molecule has 0 spiro atoms. The van der Waals surface area contributed by atoms with Crippen molar-refractivity contribution in [1.29, 1.82) is 0 Å². The number of benzene rings is 2. The molecule has 2 amide bonds. The number of amides is 2. The Kier molecular flexibility index (Phi) is 6.59. The van der Waals surface area contributed by atoms with Crippen molar-refractivity contribution in [3.63, 3.8) is 0 Å². The number of hydrogen-bond donors (Lipinski definition) is 3. The molecule has 6 nitrogen and oxygen atoms in total.